The van der Waals surface area contributed by atoms with E-state index in [0.717, 1.165) is 18.2 Å². The first-order valence-corrected chi connectivity index (χ1v) is 8.44. The minimum absolute atomic E-state index is 0.0937. The number of carbonyl (C=O) groups is 1. The lowest BCUT2D eigenvalue weighted by atomic mass is 10.0. The molecule has 0 saturated heterocycles. The summed E-state index contributed by atoms with van der Waals surface area (Å²) in [7, 11) is 0. The number of halogens is 2. The number of pyridine rings is 1. The number of nitrogens with zero attached hydrogens (tertiary/aromatic N) is 1. The molecule has 7 heteroatoms. The van der Waals surface area contributed by atoms with E-state index < -0.39 is 23.0 Å². The van der Waals surface area contributed by atoms with Crippen molar-refractivity contribution in [2.75, 3.05) is 10.5 Å². The monoisotopic (exact) mass is 347 g/mol. The smallest absolute Gasteiger partial charge is 0.201 e. The van der Waals surface area contributed by atoms with Gasteiger partial charge >= 0.3 is 0 Å². The minimum Gasteiger partial charge on any atom is -0.345 e. The van der Waals surface area contributed by atoms with Crippen LogP contribution in [0.25, 0.3) is 11.0 Å². The summed E-state index contributed by atoms with van der Waals surface area (Å²) >= 11 is 1.31. The van der Waals surface area contributed by atoms with Crippen LogP contribution in [0.3, 0.4) is 0 Å². The third kappa shape index (κ3) is 2.99. The Bertz CT molecular complexity index is 895. The molecule has 0 spiro atoms. The van der Waals surface area contributed by atoms with E-state index in [1.807, 2.05) is 6.92 Å². The summed E-state index contributed by atoms with van der Waals surface area (Å²) < 4.78 is 31.6. The Labute approximate surface area is 141 Å². The molecule has 0 unspecified atom stereocenters. The summed E-state index contributed by atoms with van der Waals surface area (Å²) in [4.78, 5) is 19.6. The quantitative estimate of drug-likeness (QED) is 0.390. The van der Waals surface area contributed by atoms with Crippen LogP contribution in [0, 0.1) is 11.6 Å². The molecule has 0 fully saturated rings. The average molecular weight is 347 g/mol. The number of carbonyl (C=O) groups excluding carboxylic acids is 1. The number of hydrogen-bond donors (Lipinski definition) is 2. The second-order valence-corrected chi connectivity index (χ2v) is 6.07. The van der Waals surface area contributed by atoms with Crippen LogP contribution in [0.2, 0.25) is 0 Å². The topological polar surface area (TPSA) is 57.8 Å². The summed E-state index contributed by atoms with van der Waals surface area (Å²) in [5.74, 6) is -1.72. The molecule has 3 rings (SSSR count). The first-order chi connectivity index (χ1) is 11.6. The Morgan fingerprint density at radius 1 is 1.33 bits per heavy atom. The number of fused-ring (bicyclic) bond motifs is 1. The number of anilines is 1. The van der Waals surface area contributed by atoms with Crippen LogP contribution in [0.15, 0.2) is 36.7 Å². The van der Waals surface area contributed by atoms with Gasteiger partial charge in [0, 0.05) is 29.1 Å². The van der Waals surface area contributed by atoms with Gasteiger partial charge in [-0.25, -0.2) is 13.8 Å². The van der Waals surface area contributed by atoms with Crippen LogP contribution >= 0.6 is 11.9 Å². The van der Waals surface area contributed by atoms with Crippen molar-refractivity contribution in [1.29, 1.82) is 0 Å². The van der Waals surface area contributed by atoms with Gasteiger partial charge in [-0.3, -0.25) is 4.79 Å². The average Bonchev–Trinajstić information content (AvgIpc) is 3.01. The SMILES string of the molecule is CCCSNc1ccc(F)c(C(=O)c2c[nH]c3ncccc23)c1F. The van der Waals surface area contributed by atoms with Crippen molar-refractivity contribution in [1.82, 2.24) is 9.97 Å². The third-order valence-corrected chi connectivity index (χ3v) is 4.48. The zero-order chi connectivity index (χ0) is 17.1. The minimum atomic E-state index is -0.887. The number of ketones is 1. The lowest BCUT2D eigenvalue weighted by Crippen LogP contribution is -2.09. The van der Waals surface area contributed by atoms with Crippen LogP contribution in [-0.4, -0.2) is 21.5 Å². The normalized spacial score (nSPS) is 11.0. The van der Waals surface area contributed by atoms with Crippen LogP contribution in [0.4, 0.5) is 14.5 Å². The van der Waals surface area contributed by atoms with Crippen LogP contribution in [-0.2, 0) is 0 Å². The maximum Gasteiger partial charge on any atom is 0.201 e. The maximum absolute atomic E-state index is 14.6. The number of nitrogens with one attached hydrogen (secondary N) is 2. The molecule has 0 aliphatic heterocycles. The zero-order valence-corrected chi connectivity index (χ0v) is 13.7. The van der Waals surface area contributed by atoms with Gasteiger partial charge in [-0.15, -0.1) is 0 Å². The predicted octanol–water partition coefficient (Wildman–Crippen LogP) is 4.54. The molecule has 2 heterocycles. The molecule has 0 aliphatic carbocycles. The molecule has 0 radical (unpaired) electrons. The van der Waals surface area contributed by atoms with Gasteiger partial charge in [0.05, 0.1) is 11.3 Å². The Morgan fingerprint density at radius 3 is 2.96 bits per heavy atom. The number of benzene rings is 1. The second-order valence-electron chi connectivity index (χ2n) is 5.17. The molecule has 1 aromatic carbocycles. The molecule has 0 atom stereocenters. The van der Waals surface area contributed by atoms with E-state index in [-0.39, 0.29) is 11.3 Å². The molecule has 2 aromatic heterocycles. The van der Waals surface area contributed by atoms with Crippen LogP contribution in [0.5, 0.6) is 0 Å². The fourth-order valence-corrected chi connectivity index (χ4v) is 2.97. The van der Waals surface area contributed by atoms with Gasteiger partial charge in [0.25, 0.3) is 0 Å². The largest absolute Gasteiger partial charge is 0.345 e. The molecule has 2 N–H and O–H groups in total. The highest BCUT2D eigenvalue weighted by molar-refractivity contribution is 8.00. The molecule has 0 amide bonds. The number of aromatic amines is 1. The van der Waals surface area contributed by atoms with E-state index in [1.165, 1.54) is 24.2 Å². The van der Waals surface area contributed by atoms with Gasteiger partial charge in [0.2, 0.25) is 5.78 Å². The summed E-state index contributed by atoms with van der Waals surface area (Å²) in [6.07, 6.45) is 3.91. The number of aromatic nitrogens is 2. The molecular weight excluding hydrogens is 332 g/mol. The standard InChI is InChI=1S/C17H15F2N3OS/c1-2-8-24-22-13-6-5-12(18)14(15(13)19)16(23)11-9-21-17-10(11)4-3-7-20-17/h3-7,9,22H,2,8H2,1H3,(H,20,21). The van der Waals surface area contributed by atoms with Crippen molar-refractivity contribution in [2.24, 2.45) is 0 Å². The molecule has 24 heavy (non-hydrogen) atoms. The van der Waals surface area contributed by atoms with E-state index in [0.29, 0.717) is 11.0 Å². The van der Waals surface area contributed by atoms with Crippen molar-refractivity contribution in [2.45, 2.75) is 13.3 Å². The van der Waals surface area contributed by atoms with Gasteiger partial charge in [-0.2, -0.15) is 0 Å². The number of hydrogen-bond acceptors (Lipinski definition) is 4. The molecule has 4 nitrogen and oxygen atoms in total. The zero-order valence-electron chi connectivity index (χ0n) is 12.9. The summed E-state index contributed by atoms with van der Waals surface area (Å²) in [5.41, 5.74) is 0.210. The first kappa shape index (κ1) is 16.4. The lowest BCUT2D eigenvalue weighted by molar-refractivity contribution is 0.103. The van der Waals surface area contributed by atoms with Crippen LogP contribution < -0.4 is 4.72 Å². The molecule has 0 bridgehead atoms. The van der Waals surface area contributed by atoms with E-state index in [9.17, 15) is 13.6 Å². The van der Waals surface area contributed by atoms with Crippen molar-refractivity contribution >= 4 is 34.5 Å². The van der Waals surface area contributed by atoms with E-state index in [2.05, 4.69) is 14.7 Å². The van der Waals surface area contributed by atoms with Crippen molar-refractivity contribution < 1.29 is 13.6 Å². The summed E-state index contributed by atoms with van der Waals surface area (Å²) in [5, 5.41) is 0.528. The summed E-state index contributed by atoms with van der Waals surface area (Å²) in [6.45, 7) is 2.00. The third-order valence-electron chi connectivity index (χ3n) is 3.50. The highest BCUT2D eigenvalue weighted by Gasteiger charge is 2.24. The van der Waals surface area contributed by atoms with Gasteiger partial charge in [0.1, 0.15) is 11.5 Å². The second kappa shape index (κ2) is 7.00. The van der Waals surface area contributed by atoms with E-state index in [4.69, 9.17) is 0 Å². The number of H-pyrrole nitrogens is 1. The lowest BCUT2D eigenvalue weighted by Gasteiger charge is -2.10. The highest BCUT2D eigenvalue weighted by atomic mass is 32.2. The van der Waals surface area contributed by atoms with Gasteiger partial charge < -0.3 is 9.71 Å². The summed E-state index contributed by atoms with van der Waals surface area (Å²) in [6, 6.07) is 5.74. The van der Waals surface area contributed by atoms with Crippen molar-refractivity contribution in [3.8, 4) is 0 Å². The van der Waals surface area contributed by atoms with E-state index >= 15 is 0 Å². The van der Waals surface area contributed by atoms with E-state index in [1.54, 1.807) is 18.3 Å². The van der Waals surface area contributed by atoms with Gasteiger partial charge in [0.15, 0.2) is 5.82 Å². The molecule has 0 aliphatic rings. The molecular formula is C17H15F2N3OS. The maximum atomic E-state index is 14.6. The number of rotatable bonds is 6. The Morgan fingerprint density at radius 2 is 2.17 bits per heavy atom. The first-order valence-electron chi connectivity index (χ1n) is 7.46. The highest BCUT2D eigenvalue weighted by Crippen LogP contribution is 2.27. The van der Waals surface area contributed by atoms with Crippen molar-refractivity contribution in [3.63, 3.8) is 0 Å². The van der Waals surface area contributed by atoms with Crippen molar-refractivity contribution in [3.05, 3.63) is 59.4 Å². The molecule has 124 valence electrons. The van der Waals surface area contributed by atoms with Gasteiger partial charge in [-0.05, 0) is 30.7 Å². The Balaban J connectivity index is 2.01. The predicted molar refractivity (Wildman–Crippen MR) is 92.3 cm³/mol. The fraction of sp³-hybridized carbons (Fsp3) is 0.176. The van der Waals surface area contributed by atoms with Crippen LogP contribution in [0.1, 0.15) is 29.3 Å². The fourth-order valence-electron chi connectivity index (χ4n) is 2.35. The Hall–Kier alpha value is -2.41. The van der Waals surface area contributed by atoms with Gasteiger partial charge in [-0.1, -0.05) is 18.9 Å². The molecule has 0 saturated carbocycles. The Kier molecular flexibility index (Phi) is 4.80. The molecule has 3 aromatic rings.